The highest BCUT2D eigenvalue weighted by Gasteiger charge is 2.32. The predicted molar refractivity (Wildman–Crippen MR) is 111 cm³/mol. The largest absolute Gasteiger partial charge is 0.573 e. The maximum absolute atomic E-state index is 12.8. The summed E-state index contributed by atoms with van der Waals surface area (Å²) in [6.45, 7) is 2.29. The summed E-state index contributed by atoms with van der Waals surface area (Å²) < 4.78 is 72.9. The molecule has 0 N–H and O–H groups in total. The Morgan fingerprint density at radius 1 is 1.03 bits per heavy atom. The van der Waals surface area contributed by atoms with Crippen molar-refractivity contribution in [3.63, 3.8) is 0 Å². The van der Waals surface area contributed by atoms with Crippen LogP contribution in [-0.4, -0.2) is 51.4 Å². The highest BCUT2D eigenvalue weighted by atomic mass is 32.2. The third-order valence-electron chi connectivity index (χ3n) is 5.06. The van der Waals surface area contributed by atoms with Crippen molar-refractivity contribution in [2.75, 3.05) is 25.0 Å². The second-order valence-electron chi connectivity index (χ2n) is 7.40. The van der Waals surface area contributed by atoms with Crippen molar-refractivity contribution in [3.05, 3.63) is 54.1 Å². The van der Waals surface area contributed by atoms with Crippen molar-refractivity contribution in [1.29, 1.82) is 0 Å². The van der Waals surface area contributed by atoms with Gasteiger partial charge in [-0.05, 0) is 56.2 Å². The summed E-state index contributed by atoms with van der Waals surface area (Å²) in [4.78, 5) is 13.8. The normalized spacial score (nSPS) is 15.9. The average Bonchev–Trinajstić information content (AvgIpc) is 2.73. The number of nitrogens with zero attached hydrogens (tertiary/aromatic N) is 2. The number of halogens is 3. The molecule has 0 spiro atoms. The van der Waals surface area contributed by atoms with Gasteiger partial charge in [0, 0.05) is 25.8 Å². The standard InChI is InChI=1S/C21H23F3N2O5S/c1-15-3-9-19(10-4-15)32(28,29)26-13-11-17(12-14-26)30-20(27)25(2)16-5-7-18(8-6-16)31-21(22,23)24/h3-10,17H,11-14H2,1-2H3. The summed E-state index contributed by atoms with van der Waals surface area (Å²) in [7, 11) is -2.19. The summed E-state index contributed by atoms with van der Waals surface area (Å²) in [5.41, 5.74) is 1.28. The van der Waals surface area contributed by atoms with Gasteiger partial charge in [0.05, 0.1) is 4.90 Å². The number of aryl methyl sites for hydroxylation is 1. The molecule has 0 atom stereocenters. The minimum Gasteiger partial charge on any atom is -0.446 e. The molecule has 11 heteroatoms. The van der Waals surface area contributed by atoms with Crippen molar-refractivity contribution in [2.24, 2.45) is 0 Å². The van der Waals surface area contributed by atoms with Gasteiger partial charge < -0.3 is 9.47 Å². The summed E-state index contributed by atoms with van der Waals surface area (Å²) in [6, 6.07) is 11.4. The van der Waals surface area contributed by atoms with E-state index in [0.29, 0.717) is 18.5 Å². The third kappa shape index (κ3) is 5.92. The second kappa shape index (κ2) is 9.37. The molecule has 1 fully saturated rings. The lowest BCUT2D eigenvalue weighted by Gasteiger charge is -2.31. The van der Waals surface area contributed by atoms with Crippen LogP contribution in [0.25, 0.3) is 0 Å². The Balaban J connectivity index is 1.54. The molecule has 1 amide bonds. The van der Waals surface area contributed by atoms with Gasteiger partial charge in [-0.1, -0.05) is 17.7 Å². The number of anilines is 1. The van der Waals surface area contributed by atoms with Crippen LogP contribution in [0.3, 0.4) is 0 Å². The summed E-state index contributed by atoms with van der Waals surface area (Å²) >= 11 is 0. The minimum absolute atomic E-state index is 0.210. The Bertz CT molecular complexity index is 1030. The number of carbonyl (C=O) groups excluding carboxylic acids is 1. The fourth-order valence-electron chi connectivity index (χ4n) is 3.25. The number of sulfonamides is 1. The zero-order valence-electron chi connectivity index (χ0n) is 17.5. The van der Waals surface area contributed by atoms with Gasteiger partial charge in [0.25, 0.3) is 0 Å². The summed E-state index contributed by atoms with van der Waals surface area (Å²) in [5.74, 6) is -0.398. The number of amides is 1. The van der Waals surface area contributed by atoms with E-state index >= 15 is 0 Å². The molecule has 0 radical (unpaired) electrons. The monoisotopic (exact) mass is 472 g/mol. The van der Waals surface area contributed by atoms with E-state index in [-0.39, 0.29) is 18.0 Å². The molecule has 32 heavy (non-hydrogen) atoms. The SMILES string of the molecule is Cc1ccc(S(=O)(=O)N2CCC(OC(=O)N(C)c3ccc(OC(F)(F)F)cc3)CC2)cc1. The van der Waals surface area contributed by atoms with Crippen LogP contribution in [0.15, 0.2) is 53.4 Å². The number of benzene rings is 2. The maximum atomic E-state index is 12.8. The highest BCUT2D eigenvalue weighted by molar-refractivity contribution is 7.89. The number of alkyl halides is 3. The van der Waals surface area contributed by atoms with Crippen molar-refractivity contribution in [3.8, 4) is 5.75 Å². The molecular formula is C21H23F3N2O5S. The molecule has 0 saturated carbocycles. The Labute approximate surface area is 184 Å². The van der Waals surface area contributed by atoms with Gasteiger partial charge in [0.2, 0.25) is 10.0 Å². The van der Waals surface area contributed by atoms with Crippen LogP contribution < -0.4 is 9.64 Å². The molecule has 2 aromatic carbocycles. The molecule has 0 bridgehead atoms. The molecule has 3 rings (SSSR count). The number of hydrogen-bond acceptors (Lipinski definition) is 5. The van der Waals surface area contributed by atoms with Gasteiger partial charge in [-0.2, -0.15) is 4.31 Å². The van der Waals surface area contributed by atoms with E-state index in [2.05, 4.69) is 4.74 Å². The molecule has 1 aliphatic heterocycles. The first-order chi connectivity index (χ1) is 15.0. The lowest BCUT2D eigenvalue weighted by atomic mass is 10.1. The Hall–Kier alpha value is -2.79. The average molecular weight is 472 g/mol. The lowest BCUT2D eigenvalue weighted by molar-refractivity contribution is -0.274. The molecule has 1 aliphatic rings. The van der Waals surface area contributed by atoms with Gasteiger partial charge in [0.15, 0.2) is 0 Å². The quantitative estimate of drug-likeness (QED) is 0.648. The predicted octanol–water partition coefficient (Wildman–Crippen LogP) is 4.32. The Kier molecular flexibility index (Phi) is 6.99. The first kappa shape index (κ1) is 23.9. The van der Waals surface area contributed by atoms with Crippen LogP contribution in [-0.2, 0) is 14.8 Å². The smallest absolute Gasteiger partial charge is 0.446 e. The van der Waals surface area contributed by atoms with E-state index in [1.807, 2.05) is 6.92 Å². The number of rotatable bonds is 5. The first-order valence-corrected chi connectivity index (χ1v) is 11.3. The molecule has 0 aromatic heterocycles. The Morgan fingerprint density at radius 3 is 2.12 bits per heavy atom. The third-order valence-corrected chi connectivity index (χ3v) is 6.97. The van der Waals surface area contributed by atoms with Crippen LogP contribution in [0, 0.1) is 6.92 Å². The first-order valence-electron chi connectivity index (χ1n) is 9.83. The summed E-state index contributed by atoms with van der Waals surface area (Å²) in [5, 5.41) is 0. The van der Waals surface area contributed by atoms with Crippen LogP contribution >= 0.6 is 0 Å². The van der Waals surface area contributed by atoms with E-state index in [9.17, 15) is 26.4 Å². The molecule has 0 aliphatic carbocycles. The van der Waals surface area contributed by atoms with Gasteiger partial charge in [-0.25, -0.2) is 13.2 Å². The van der Waals surface area contributed by atoms with Crippen molar-refractivity contribution >= 4 is 21.8 Å². The van der Waals surface area contributed by atoms with Crippen LogP contribution in [0.1, 0.15) is 18.4 Å². The number of carbonyl (C=O) groups is 1. The summed E-state index contributed by atoms with van der Waals surface area (Å²) in [6.07, 6.45) is -5.28. The van der Waals surface area contributed by atoms with Crippen molar-refractivity contribution in [1.82, 2.24) is 4.31 Å². The van der Waals surface area contributed by atoms with E-state index in [0.717, 1.165) is 22.6 Å². The second-order valence-corrected chi connectivity index (χ2v) is 9.34. The number of piperidine rings is 1. The molecule has 2 aromatic rings. The van der Waals surface area contributed by atoms with E-state index < -0.39 is 34.3 Å². The van der Waals surface area contributed by atoms with E-state index in [1.165, 1.54) is 23.5 Å². The molecule has 174 valence electrons. The molecular weight excluding hydrogens is 449 g/mol. The Morgan fingerprint density at radius 2 is 1.59 bits per heavy atom. The fourth-order valence-corrected chi connectivity index (χ4v) is 4.72. The zero-order valence-corrected chi connectivity index (χ0v) is 18.3. The molecule has 7 nitrogen and oxygen atoms in total. The van der Waals surface area contributed by atoms with Crippen LogP contribution in [0.4, 0.5) is 23.7 Å². The molecule has 1 saturated heterocycles. The fraction of sp³-hybridized carbons (Fsp3) is 0.381. The van der Waals surface area contributed by atoms with E-state index in [1.54, 1.807) is 24.3 Å². The van der Waals surface area contributed by atoms with E-state index in [4.69, 9.17) is 4.74 Å². The van der Waals surface area contributed by atoms with Gasteiger partial charge in [0.1, 0.15) is 11.9 Å². The minimum atomic E-state index is -4.80. The topological polar surface area (TPSA) is 76.2 Å². The van der Waals surface area contributed by atoms with Gasteiger partial charge >= 0.3 is 12.5 Å². The van der Waals surface area contributed by atoms with Crippen molar-refractivity contribution < 1.29 is 35.9 Å². The van der Waals surface area contributed by atoms with Gasteiger partial charge in [-0.3, -0.25) is 4.90 Å². The lowest BCUT2D eigenvalue weighted by Crippen LogP contribution is -2.42. The number of hydrogen-bond donors (Lipinski definition) is 0. The molecule has 1 heterocycles. The van der Waals surface area contributed by atoms with Crippen LogP contribution in [0.2, 0.25) is 0 Å². The van der Waals surface area contributed by atoms with Gasteiger partial charge in [-0.15, -0.1) is 13.2 Å². The molecule has 0 unspecified atom stereocenters. The van der Waals surface area contributed by atoms with Crippen molar-refractivity contribution in [2.45, 2.75) is 37.1 Å². The maximum Gasteiger partial charge on any atom is 0.573 e. The zero-order chi connectivity index (χ0) is 23.5. The number of ether oxygens (including phenoxy) is 2. The van der Waals surface area contributed by atoms with Crippen LogP contribution in [0.5, 0.6) is 5.75 Å². The highest BCUT2D eigenvalue weighted by Crippen LogP contribution is 2.26.